The Labute approximate surface area is 110 Å². The van der Waals surface area contributed by atoms with Gasteiger partial charge in [0.2, 0.25) is 11.8 Å². The van der Waals surface area contributed by atoms with Gasteiger partial charge in [0, 0.05) is 6.54 Å². The molecule has 0 saturated heterocycles. The molecular weight excluding hydrogens is 246 g/mol. The number of fused-ring (bicyclic) bond motifs is 1. The van der Waals surface area contributed by atoms with Crippen LogP contribution in [0.4, 0.5) is 5.95 Å². The maximum atomic E-state index is 5.79. The van der Waals surface area contributed by atoms with Gasteiger partial charge in [-0.3, -0.25) is 0 Å². The first kappa shape index (κ1) is 12.7. The first-order valence-corrected chi connectivity index (χ1v) is 6.59. The monoisotopic (exact) mass is 261 g/mol. The molecule has 1 N–H and O–H groups in total. The summed E-state index contributed by atoms with van der Waals surface area (Å²) in [7, 11) is 0. The molecule has 2 aromatic rings. The number of aromatic nitrogens is 2. The van der Waals surface area contributed by atoms with E-state index in [0.29, 0.717) is 11.8 Å². The third-order valence-electron chi connectivity index (χ3n) is 2.32. The lowest BCUT2D eigenvalue weighted by Crippen LogP contribution is -2.26. The van der Waals surface area contributed by atoms with Gasteiger partial charge in [0.1, 0.15) is 4.83 Å². The standard InChI is InChI=1S/C13H15N3OS/c1-5-13(3,4)17-10-9-7-8-18-11(9)16-12(15-10)14-6-2/h1,7-8H,6H2,2-4H3,(H,14,15,16). The molecule has 0 aliphatic heterocycles. The molecule has 2 heterocycles. The van der Waals surface area contributed by atoms with Crippen LogP contribution in [0.2, 0.25) is 0 Å². The zero-order valence-corrected chi connectivity index (χ0v) is 11.5. The second kappa shape index (κ2) is 4.83. The predicted octanol–water partition coefficient (Wildman–Crippen LogP) is 2.91. The second-order valence-corrected chi connectivity index (χ2v) is 5.17. The van der Waals surface area contributed by atoms with Crippen LogP contribution in [0, 0.1) is 12.3 Å². The van der Waals surface area contributed by atoms with Gasteiger partial charge in [0.25, 0.3) is 0 Å². The molecule has 94 valence electrons. The van der Waals surface area contributed by atoms with E-state index in [-0.39, 0.29) is 0 Å². The molecule has 0 bridgehead atoms. The lowest BCUT2D eigenvalue weighted by molar-refractivity contribution is 0.167. The van der Waals surface area contributed by atoms with Crippen molar-refractivity contribution >= 4 is 27.5 Å². The lowest BCUT2D eigenvalue weighted by Gasteiger charge is -2.20. The zero-order valence-electron chi connectivity index (χ0n) is 10.7. The number of terminal acetylenes is 1. The molecule has 0 spiro atoms. The molecule has 0 amide bonds. The highest BCUT2D eigenvalue weighted by Gasteiger charge is 2.19. The van der Waals surface area contributed by atoms with Crippen molar-refractivity contribution < 1.29 is 4.74 Å². The highest BCUT2D eigenvalue weighted by Crippen LogP contribution is 2.30. The summed E-state index contributed by atoms with van der Waals surface area (Å²) < 4.78 is 5.79. The fourth-order valence-corrected chi connectivity index (χ4v) is 2.17. The number of hydrogen-bond donors (Lipinski definition) is 1. The van der Waals surface area contributed by atoms with Crippen LogP contribution in [0.3, 0.4) is 0 Å². The van der Waals surface area contributed by atoms with Gasteiger partial charge in [-0.05, 0) is 32.2 Å². The highest BCUT2D eigenvalue weighted by atomic mass is 32.1. The number of nitrogens with zero attached hydrogens (tertiary/aromatic N) is 2. The first-order valence-electron chi connectivity index (χ1n) is 5.71. The predicted molar refractivity (Wildman–Crippen MR) is 75.1 cm³/mol. The first-order chi connectivity index (χ1) is 8.55. The highest BCUT2D eigenvalue weighted by molar-refractivity contribution is 7.16. The SMILES string of the molecule is C#CC(C)(C)Oc1nc(NCC)nc2sccc12. The van der Waals surface area contributed by atoms with E-state index < -0.39 is 5.60 Å². The van der Waals surface area contributed by atoms with Gasteiger partial charge >= 0.3 is 0 Å². The minimum Gasteiger partial charge on any atom is -0.458 e. The summed E-state index contributed by atoms with van der Waals surface area (Å²) in [5.41, 5.74) is -0.688. The summed E-state index contributed by atoms with van der Waals surface area (Å²) in [5.74, 6) is 3.69. The van der Waals surface area contributed by atoms with Crippen molar-refractivity contribution in [1.29, 1.82) is 0 Å². The van der Waals surface area contributed by atoms with Gasteiger partial charge in [-0.1, -0.05) is 5.92 Å². The van der Waals surface area contributed by atoms with Crippen LogP contribution in [0.25, 0.3) is 10.2 Å². The quantitative estimate of drug-likeness (QED) is 0.860. The van der Waals surface area contributed by atoms with Crippen LogP contribution < -0.4 is 10.1 Å². The fraction of sp³-hybridized carbons (Fsp3) is 0.385. The second-order valence-electron chi connectivity index (χ2n) is 4.28. The maximum absolute atomic E-state index is 5.79. The van der Waals surface area contributed by atoms with Crippen molar-refractivity contribution in [2.45, 2.75) is 26.4 Å². The number of rotatable bonds is 4. The molecule has 0 unspecified atom stereocenters. The molecule has 0 radical (unpaired) electrons. The molecule has 0 aromatic carbocycles. The zero-order chi connectivity index (χ0) is 13.2. The van der Waals surface area contributed by atoms with Crippen LogP contribution >= 0.6 is 11.3 Å². The molecule has 4 nitrogen and oxygen atoms in total. The Morgan fingerprint density at radius 3 is 2.94 bits per heavy atom. The third-order valence-corrected chi connectivity index (χ3v) is 3.13. The summed E-state index contributed by atoms with van der Waals surface area (Å²) in [6.45, 7) is 6.42. The Hall–Kier alpha value is -1.80. The summed E-state index contributed by atoms with van der Waals surface area (Å²) in [6, 6.07) is 1.94. The average molecular weight is 261 g/mol. The van der Waals surface area contributed by atoms with Crippen molar-refractivity contribution in [3.63, 3.8) is 0 Å². The normalized spacial score (nSPS) is 11.2. The Kier molecular flexibility index (Phi) is 3.39. The molecule has 0 saturated carbocycles. The van der Waals surface area contributed by atoms with E-state index in [2.05, 4.69) is 21.2 Å². The molecule has 18 heavy (non-hydrogen) atoms. The topological polar surface area (TPSA) is 47.0 Å². The largest absolute Gasteiger partial charge is 0.458 e. The van der Waals surface area contributed by atoms with E-state index in [1.54, 1.807) is 11.3 Å². The van der Waals surface area contributed by atoms with Crippen LogP contribution in [0.15, 0.2) is 11.4 Å². The van der Waals surface area contributed by atoms with Gasteiger partial charge in [-0.2, -0.15) is 4.98 Å². The van der Waals surface area contributed by atoms with Crippen molar-refractivity contribution in [1.82, 2.24) is 9.97 Å². The Morgan fingerprint density at radius 2 is 2.28 bits per heavy atom. The van der Waals surface area contributed by atoms with Crippen LogP contribution in [-0.4, -0.2) is 22.1 Å². The van der Waals surface area contributed by atoms with Crippen molar-refractivity contribution in [2.24, 2.45) is 0 Å². The lowest BCUT2D eigenvalue weighted by atomic mass is 10.1. The molecule has 2 rings (SSSR count). The summed E-state index contributed by atoms with van der Waals surface area (Å²) in [4.78, 5) is 9.66. The smallest absolute Gasteiger partial charge is 0.228 e. The summed E-state index contributed by atoms with van der Waals surface area (Å²) in [5, 5.41) is 5.94. The van der Waals surface area contributed by atoms with E-state index >= 15 is 0 Å². The number of hydrogen-bond acceptors (Lipinski definition) is 5. The van der Waals surface area contributed by atoms with Crippen molar-refractivity contribution in [3.05, 3.63) is 11.4 Å². The average Bonchev–Trinajstić information content (AvgIpc) is 2.77. The molecule has 5 heteroatoms. The van der Waals surface area contributed by atoms with Crippen molar-refractivity contribution in [3.8, 4) is 18.2 Å². The molecule has 0 aliphatic carbocycles. The molecule has 0 fully saturated rings. The van der Waals surface area contributed by atoms with Crippen molar-refractivity contribution in [2.75, 3.05) is 11.9 Å². The van der Waals surface area contributed by atoms with Crippen LogP contribution in [-0.2, 0) is 0 Å². The van der Waals surface area contributed by atoms with Crippen LogP contribution in [0.5, 0.6) is 5.88 Å². The fourth-order valence-electron chi connectivity index (χ4n) is 1.41. The Morgan fingerprint density at radius 1 is 1.50 bits per heavy atom. The molecule has 0 atom stereocenters. The van der Waals surface area contributed by atoms with Gasteiger partial charge in [0.15, 0.2) is 5.60 Å². The van der Waals surface area contributed by atoms with E-state index in [0.717, 1.165) is 16.8 Å². The van der Waals surface area contributed by atoms with E-state index in [4.69, 9.17) is 11.2 Å². The van der Waals surface area contributed by atoms with Gasteiger partial charge in [0.05, 0.1) is 5.39 Å². The summed E-state index contributed by atoms with van der Waals surface area (Å²) in [6.07, 6.45) is 5.44. The number of anilines is 1. The molecule has 2 aromatic heterocycles. The summed E-state index contributed by atoms with van der Waals surface area (Å²) >= 11 is 1.55. The van der Waals surface area contributed by atoms with Gasteiger partial charge in [-0.15, -0.1) is 17.8 Å². The van der Waals surface area contributed by atoms with Crippen LogP contribution in [0.1, 0.15) is 20.8 Å². The maximum Gasteiger partial charge on any atom is 0.228 e. The minimum absolute atomic E-state index is 0.528. The van der Waals surface area contributed by atoms with Gasteiger partial charge < -0.3 is 10.1 Å². The Balaban J connectivity index is 2.47. The number of ether oxygens (including phenoxy) is 1. The minimum atomic E-state index is -0.688. The third kappa shape index (κ3) is 2.54. The molecule has 0 aliphatic rings. The Bertz CT molecular complexity index is 598. The number of nitrogens with one attached hydrogen (secondary N) is 1. The number of thiophene rings is 1. The van der Waals surface area contributed by atoms with E-state index in [1.165, 1.54) is 0 Å². The molecular formula is C13H15N3OS. The van der Waals surface area contributed by atoms with E-state index in [1.807, 2.05) is 32.2 Å². The van der Waals surface area contributed by atoms with Gasteiger partial charge in [-0.25, -0.2) is 4.98 Å². The van der Waals surface area contributed by atoms with E-state index in [9.17, 15) is 0 Å².